The number of hydrogen-bond donors (Lipinski definition) is 0. The topological polar surface area (TPSA) is 96.9 Å². The number of hydrogen-bond acceptors (Lipinski definition) is 8. The monoisotopic (exact) mass is 662 g/mol. The van der Waals surface area contributed by atoms with Gasteiger partial charge >= 0.3 is 5.97 Å². The first kappa shape index (κ1) is 32.7. The molecule has 9 nitrogen and oxygen atoms in total. The van der Waals surface area contributed by atoms with Crippen molar-refractivity contribution in [1.82, 2.24) is 14.3 Å². The summed E-state index contributed by atoms with van der Waals surface area (Å²) in [7, 11) is 1.59. The van der Waals surface area contributed by atoms with Crippen LogP contribution in [0, 0.1) is 0 Å². The fourth-order valence-electron chi connectivity index (χ4n) is 5.58. The smallest absolute Gasteiger partial charge is 0.338 e. The van der Waals surface area contributed by atoms with Crippen LogP contribution in [0.4, 0.5) is 0 Å². The fraction of sp³-hybridized carbons (Fsp3) is 0.263. The minimum absolute atomic E-state index is 0.264. The van der Waals surface area contributed by atoms with Crippen molar-refractivity contribution in [2.75, 3.05) is 13.7 Å². The Balaban J connectivity index is 1.49. The molecule has 0 spiro atoms. The molecule has 0 bridgehead atoms. The van der Waals surface area contributed by atoms with Crippen molar-refractivity contribution in [1.29, 1.82) is 0 Å². The normalized spacial score (nSPS) is 14.5. The molecule has 246 valence electrons. The molecular weight excluding hydrogens is 625 g/mol. The van der Waals surface area contributed by atoms with Gasteiger partial charge in [0.05, 0.1) is 47.4 Å². The van der Waals surface area contributed by atoms with Crippen LogP contribution in [0.2, 0.25) is 0 Å². The van der Waals surface area contributed by atoms with Crippen LogP contribution in [0.15, 0.2) is 106 Å². The maximum Gasteiger partial charge on any atom is 0.338 e. The third-order valence-corrected chi connectivity index (χ3v) is 8.94. The summed E-state index contributed by atoms with van der Waals surface area (Å²) >= 11 is 1.28. The van der Waals surface area contributed by atoms with Crippen LogP contribution in [0.25, 0.3) is 23.0 Å². The lowest BCUT2D eigenvalue weighted by atomic mass is 9.96. The average molecular weight is 663 g/mol. The Morgan fingerprint density at radius 3 is 2.38 bits per heavy atom. The maximum atomic E-state index is 14.4. The van der Waals surface area contributed by atoms with Gasteiger partial charge in [0.2, 0.25) is 0 Å². The third-order valence-electron chi connectivity index (χ3n) is 7.96. The predicted molar refractivity (Wildman–Crippen MR) is 187 cm³/mol. The highest BCUT2D eigenvalue weighted by atomic mass is 32.1. The highest BCUT2D eigenvalue weighted by Crippen LogP contribution is 2.32. The SMILES string of the molecule is CCCCOc1ccc(-c2nn(-c3ccccc3)cc2/C=c2/sc3n(c2=O)[C@@H](c2ccc(OC)cc2)C(C(=O)OC(C)C)=C(C)N=3)cc1. The molecule has 0 saturated heterocycles. The van der Waals surface area contributed by atoms with Crippen LogP contribution in [0.1, 0.15) is 57.7 Å². The number of esters is 1. The van der Waals surface area contributed by atoms with Gasteiger partial charge in [-0.05, 0) is 87.4 Å². The van der Waals surface area contributed by atoms with Crippen molar-refractivity contribution in [3.8, 4) is 28.4 Å². The van der Waals surface area contributed by atoms with Crippen molar-refractivity contribution in [2.45, 2.75) is 52.7 Å². The number of ether oxygens (including phenoxy) is 3. The van der Waals surface area contributed by atoms with Crippen molar-refractivity contribution in [3.05, 3.63) is 127 Å². The Kier molecular flexibility index (Phi) is 9.72. The van der Waals surface area contributed by atoms with Crippen LogP contribution < -0.4 is 24.4 Å². The van der Waals surface area contributed by atoms with E-state index in [1.807, 2.05) is 95.8 Å². The van der Waals surface area contributed by atoms with Crippen molar-refractivity contribution < 1.29 is 19.0 Å². The van der Waals surface area contributed by atoms with Crippen molar-refractivity contribution in [2.24, 2.45) is 4.99 Å². The number of para-hydroxylation sites is 1. The first-order valence-corrected chi connectivity index (χ1v) is 16.8. The molecule has 1 atom stereocenters. The Labute approximate surface area is 283 Å². The van der Waals surface area contributed by atoms with Crippen LogP contribution in [-0.4, -0.2) is 40.1 Å². The zero-order chi connectivity index (χ0) is 33.8. The van der Waals surface area contributed by atoms with E-state index in [0.717, 1.165) is 41.0 Å². The molecule has 0 fully saturated rings. The van der Waals surface area contributed by atoms with E-state index in [1.165, 1.54) is 11.3 Å². The summed E-state index contributed by atoms with van der Waals surface area (Å²) in [6, 6.07) is 24.3. The summed E-state index contributed by atoms with van der Waals surface area (Å²) in [6.45, 7) is 8.17. The zero-order valence-corrected chi connectivity index (χ0v) is 28.5. The molecule has 6 rings (SSSR count). The number of carbonyl (C=O) groups is 1. The average Bonchev–Trinajstić information content (AvgIpc) is 3.65. The molecule has 0 unspecified atom stereocenters. The Hall–Kier alpha value is -5.22. The molecule has 10 heteroatoms. The van der Waals surface area contributed by atoms with E-state index in [1.54, 1.807) is 32.4 Å². The van der Waals surface area contributed by atoms with Crippen LogP contribution in [0.5, 0.6) is 11.5 Å². The van der Waals surface area contributed by atoms with Crippen molar-refractivity contribution >= 4 is 23.4 Å². The molecule has 0 radical (unpaired) electrons. The van der Waals surface area contributed by atoms with Gasteiger partial charge < -0.3 is 14.2 Å². The molecule has 3 heterocycles. The number of nitrogens with zero attached hydrogens (tertiary/aromatic N) is 4. The van der Waals surface area contributed by atoms with Gasteiger partial charge in [0.1, 0.15) is 17.2 Å². The van der Waals surface area contributed by atoms with E-state index >= 15 is 0 Å². The highest BCUT2D eigenvalue weighted by Gasteiger charge is 2.34. The van der Waals surface area contributed by atoms with E-state index in [2.05, 4.69) is 6.92 Å². The summed E-state index contributed by atoms with van der Waals surface area (Å²) < 4.78 is 20.8. The number of fused-ring (bicyclic) bond motifs is 1. The molecule has 5 aromatic rings. The number of aromatic nitrogens is 3. The Morgan fingerprint density at radius 2 is 1.71 bits per heavy atom. The molecule has 1 aliphatic heterocycles. The number of carbonyl (C=O) groups excluding carboxylic acids is 1. The number of methoxy groups -OCH3 is 1. The first-order valence-electron chi connectivity index (χ1n) is 16.0. The van der Waals surface area contributed by atoms with Gasteiger partial charge in [0.25, 0.3) is 5.56 Å². The number of allylic oxidation sites excluding steroid dienone is 1. The van der Waals surface area contributed by atoms with Gasteiger partial charge in [-0.15, -0.1) is 0 Å². The van der Waals surface area contributed by atoms with Crippen LogP contribution in [0.3, 0.4) is 0 Å². The van der Waals surface area contributed by atoms with Gasteiger partial charge in [-0.3, -0.25) is 9.36 Å². The second-order valence-electron chi connectivity index (χ2n) is 11.7. The fourth-order valence-corrected chi connectivity index (χ4v) is 6.61. The van der Waals surface area contributed by atoms with Gasteiger partial charge in [-0.2, -0.15) is 5.10 Å². The summed E-state index contributed by atoms with van der Waals surface area (Å²) in [5, 5.41) is 4.95. The molecule has 0 N–H and O–H groups in total. The van der Waals surface area contributed by atoms with Gasteiger partial charge in [0.15, 0.2) is 4.80 Å². The lowest BCUT2D eigenvalue weighted by molar-refractivity contribution is -0.143. The zero-order valence-electron chi connectivity index (χ0n) is 27.7. The lowest BCUT2D eigenvalue weighted by Gasteiger charge is -2.25. The summed E-state index contributed by atoms with van der Waals surface area (Å²) in [6.07, 6.45) is 5.49. The van der Waals surface area contributed by atoms with E-state index in [-0.39, 0.29) is 11.7 Å². The number of thiazole rings is 1. The summed E-state index contributed by atoms with van der Waals surface area (Å²) in [5.74, 6) is 0.960. The molecule has 2 aromatic heterocycles. The van der Waals surface area contributed by atoms with E-state index in [9.17, 15) is 9.59 Å². The second kappa shape index (κ2) is 14.3. The summed E-state index contributed by atoms with van der Waals surface area (Å²) in [4.78, 5) is 33.1. The minimum Gasteiger partial charge on any atom is -0.497 e. The largest absolute Gasteiger partial charge is 0.497 e. The van der Waals surface area contributed by atoms with Gasteiger partial charge in [-0.25, -0.2) is 14.5 Å². The van der Waals surface area contributed by atoms with Gasteiger partial charge in [0, 0.05) is 17.3 Å². The van der Waals surface area contributed by atoms with Gasteiger partial charge in [-0.1, -0.05) is 55.0 Å². The molecule has 0 saturated carbocycles. The minimum atomic E-state index is -0.729. The quantitative estimate of drug-likeness (QED) is 0.123. The third kappa shape index (κ3) is 6.75. The maximum absolute atomic E-state index is 14.4. The molecule has 3 aromatic carbocycles. The lowest BCUT2D eigenvalue weighted by Crippen LogP contribution is -2.40. The van der Waals surface area contributed by atoms with E-state index < -0.39 is 12.0 Å². The second-order valence-corrected chi connectivity index (χ2v) is 12.8. The summed E-state index contributed by atoms with van der Waals surface area (Å²) in [5.41, 5.74) is 4.57. The number of benzene rings is 3. The number of unbranched alkanes of at least 4 members (excludes halogenated alkanes) is 1. The molecular formula is C38H38N4O5S. The number of rotatable bonds is 11. The predicted octanol–water partition coefficient (Wildman–Crippen LogP) is 6.23. The van der Waals surface area contributed by atoms with Crippen molar-refractivity contribution in [3.63, 3.8) is 0 Å². The first-order chi connectivity index (χ1) is 23.3. The van der Waals surface area contributed by atoms with Crippen LogP contribution >= 0.6 is 11.3 Å². The standard InChI is InChI=1S/C38H38N4O5S/c1-6-7-21-46-31-19-13-26(14-20-31)34-28(23-41(40-34)29-11-9-8-10-12-29)22-32-36(43)42-35(27-15-17-30(45-5)18-16-27)33(37(44)47-24(2)3)25(4)39-38(42)48-32/h8-20,22-24,35H,6-7,21H2,1-5H3/b32-22+/t35-/m0/s1. The molecule has 1 aliphatic rings. The molecule has 0 amide bonds. The highest BCUT2D eigenvalue weighted by molar-refractivity contribution is 7.07. The molecule has 48 heavy (non-hydrogen) atoms. The Morgan fingerprint density at radius 1 is 1.00 bits per heavy atom. The molecule has 0 aliphatic carbocycles. The van der Waals surface area contributed by atoms with Crippen LogP contribution in [-0.2, 0) is 9.53 Å². The van der Waals surface area contributed by atoms with E-state index in [4.69, 9.17) is 24.3 Å². The Bertz CT molecular complexity index is 2130. The van der Waals surface area contributed by atoms with E-state index in [0.29, 0.717) is 38.7 Å².